The predicted molar refractivity (Wildman–Crippen MR) is 77.6 cm³/mol. The molecule has 0 fully saturated rings. The van der Waals surface area contributed by atoms with Crippen molar-refractivity contribution in [2.75, 3.05) is 0 Å². The molecule has 0 saturated carbocycles. The summed E-state index contributed by atoms with van der Waals surface area (Å²) in [6, 6.07) is 0. The van der Waals surface area contributed by atoms with E-state index in [2.05, 4.69) is 31.7 Å². The molecule has 108 valence electrons. The summed E-state index contributed by atoms with van der Waals surface area (Å²) in [5.41, 5.74) is 0.583. The zero-order valence-corrected chi connectivity index (χ0v) is 12.5. The molecule has 1 unspecified atom stereocenters. The van der Waals surface area contributed by atoms with Crippen molar-refractivity contribution in [3.8, 4) is 0 Å². The summed E-state index contributed by atoms with van der Waals surface area (Å²) in [6.07, 6.45) is 6.19. The van der Waals surface area contributed by atoms with Crippen LogP contribution in [0.2, 0.25) is 0 Å². The number of rotatable bonds is 9. The average Bonchev–Trinajstić information content (AvgIpc) is 2.38. The molecule has 0 bridgehead atoms. The molecule has 1 atom stereocenters. The molecule has 0 N–H and O–H groups in total. The summed E-state index contributed by atoms with van der Waals surface area (Å²) < 4.78 is 4.64. The molecule has 0 saturated heterocycles. The molecule has 0 aliphatic carbocycles. The van der Waals surface area contributed by atoms with Gasteiger partial charge in [-0.2, -0.15) is 0 Å². The number of carbonyl (C=O) groups is 2. The van der Waals surface area contributed by atoms with Gasteiger partial charge < -0.3 is 4.74 Å². The first-order valence-electron chi connectivity index (χ1n) is 7.02. The van der Waals surface area contributed by atoms with Gasteiger partial charge in [-0.3, -0.25) is 0 Å². The SMILES string of the molecule is C=C(C)C(=O)OC(=O)C(=C)CCC(CC)CCCC. The van der Waals surface area contributed by atoms with Gasteiger partial charge in [0, 0.05) is 11.1 Å². The smallest absolute Gasteiger partial charge is 0.341 e. The Balaban J connectivity index is 4.11. The van der Waals surface area contributed by atoms with Gasteiger partial charge in [-0.25, -0.2) is 9.59 Å². The van der Waals surface area contributed by atoms with Crippen LogP contribution in [0.5, 0.6) is 0 Å². The van der Waals surface area contributed by atoms with E-state index in [1.165, 1.54) is 26.2 Å². The Hall–Kier alpha value is -1.38. The molecule has 0 rings (SSSR count). The highest BCUT2D eigenvalue weighted by Crippen LogP contribution is 2.21. The Labute approximate surface area is 116 Å². The highest BCUT2D eigenvalue weighted by Gasteiger charge is 2.15. The van der Waals surface area contributed by atoms with Gasteiger partial charge in [-0.15, -0.1) is 0 Å². The zero-order valence-electron chi connectivity index (χ0n) is 12.5. The topological polar surface area (TPSA) is 43.4 Å². The van der Waals surface area contributed by atoms with Crippen molar-refractivity contribution in [3.63, 3.8) is 0 Å². The molecule has 19 heavy (non-hydrogen) atoms. The maximum atomic E-state index is 11.6. The van der Waals surface area contributed by atoms with Crippen molar-refractivity contribution in [1.29, 1.82) is 0 Å². The minimum atomic E-state index is -0.677. The molecule has 0 aliphatic heterocycles. The van der Waals surface area contributed by atoms with Crippen LogP contribution in [0, 0.1) is 5.92 Å². The van der Waals surface area contributed by atoms with Gasteiger partial charge in [0.1, 0.15) is 0 Å². The fourth-order valence-electron chi connectivity index (χ4n) is 1.77. The zero-order chi connectivity index (χ0) is 14.8. The summed E-state index contributed by atoms with van der Waals surface area (Å²) in [5, 5.41) is 0. The van der Waals surface area contributed by atoms with Crippen LogP contribution in [-0.4, -0.2) is 11.9 Å². The molecular weight excluding hydrogens is 240 g/mol. The lowest BCUT2D eigenvalue weighted by Gasteiger charge is -2.14. The minimum Gasteiger partial charge on any atom is -0.386 e. The monoisotopic (exact) mass is 266 g/mol. The van der Waals surface area contributed by atoms with Crippen LogP contribution < -0.4 is 0 Å². The second-order valence-electron chi connectivity index (χ2n) is 5.02. The van der Waals surface area contributed by atoms with Gasteiger partial charge in [0.25, 0.3) is 0 Å². The van der Waals surface area contributed by atoms with Gasteiger partial charge in [-0.1, -0.05) is 52.7 Å². The molecule has 0 heterocycles. The third-order valence-corrected chi connectivity index (χ3v) is 3.22. The van der Waals surface area contributed by atoms with E-state index >= 15 is 0 Å². The fourth-order valence-corrected chi connectivity index (χ4v) is 1.77. The van der Waals surface area contributed by atoms with Crippen LogP contribution in [0.1, 0.15) is 59.3 Å². The normalized spacial score (nSPS) is 11.7. The third kappa shape index (κ3) is 7.60. The molecule has 0 aromatic rings. The van der Waals surface area contributed by atoms with Crippen LogP contribution in [0.15, 0.2) is 24.3 Å². The van der Waals surface area contributed by atoms with E-state index < -0.39 is 11.9 Å². The minimum absolute atomic E-state index is 0.218. The van der Waals surface area contributed by atoms with E-state index in [9.17, 15) is 9.59 Å². The molecular formula is C16H26O3. The molecule has 0 spiro atoms. The number of esters is 2. The Kier molecular flexibility index (Phi) is 8.84. The Morgan fingerprint density at radius 2 is 1.74 bits per heavy atom. The van der Waals surface area contributed by atoms with Crippen LogP contribution in [0.4, 0.5) is 0 Å². The number of hydrogen-bond acceptors (Lipinski definition) is 3. The largest absolute Gasteiger partial charge is 0.386 e. The van der Waals surface area contributed by atoms with Crippen molar-refractivity contribution in [1.82, 2.24) is 0 Å². The van der Waals surface area contributed by atoms with Crippen molar-refractivity contribution >= 4 is 11.9 Å². The van der Waals surface area contributed by atoms with Gasteiger partial charge >= 0.3 is 11.9 Å². The van der Waals surface area contributed by atoms with E-state index in [1.54, 1.807) is 0 Å². The molecule has 3 heteroatoms. The molecule has 0 radical (unpaired) electrons. The molecule has 0 amide bonds. The quantitative estimate of drug-likeness (QED) is 0.357. The lowest BCUT2D eigenvalue weighted by Crippen LogP contribution is -2.15. The first-order chi connectivity index (χ1) is 8.92. The Morgan fingerprint density at radius 1 is 1.11 bits per heavy atom. The summed E-state index contributed by atoms with van der Waals surface area (Å²) >= 11 is 0. The Morgan fingerprint density at radius 3 is 2.21 bits per heavy atom. The maximum Gasteiger partial charge on any atom is 0.341 e. The first kappa shape index (κ1) is 17.6. The van der Waals surface area contributed by atoms with Crippen molar-refractivity contribution < 1.29 is 14.3 Å². The summed E-state index contributed by atoms with van der Waals surface area (Å²) in [5.74, 6) is -0.691. The first-order valence-corrected chi connectivity index (χ1v) is 7.02. The third-order valence-electron chi connectivity index (χ3n) is 3.22. The number of unbranched alkanes of at least 4 members (excludes halogenated alkanes) is 1. The second kappa shape index (κ2) is 9.54. The highest BCUT2D eigenvalue weighted by atomic mass is 16.6. The fraction of sp³-hybridized carbons (Fsp3) is 0.625. The molecule has 0 aliphatic rings. The summed E-state index contributed by atoms with van der Waals surface area (Å²) in [7, 11) is 0. The van der Waals surface area contributed by atoms with Crippen LogP contribution >= 0.6 is 0 Å². The maximum absolute atomic E-state index is 11.6. The lowest BCUT2D eigenvalue weighted by molar-refractivity contribution is -0.154. The average molecular weight is 266 g/mol. The van der Waals surface area contributed by atoms with E-state index in [0.717, 1.165) is 12.8 Å². The molecule has 0 aromatic carbocycles. The van der Waals surface area contributed by atoms with E-state index in [4.69, 9.17) is 0 Å². The van der Waals surface area contributed by atoms with Crippen molar-refractivity contribution in [3.05, 3.63) is 24.3 Å². The van der Waals surface area contributed by atoms with Crippen LogP contribution in [0.3, 0.4) is 0 Å². The van der Waals surface area contributed by atoms with E-state index in [0.29, 0.717) is 17.9 Å². The molecule has 3 nitrogen and oxygen atoms in total. The standard InChI is InChI=1S/C16H26O3/c1-6-8-9-14(7-2)11-10-13(5)16(18)19-15(17)12(3)4/h14H,3,5-11H2,1-2,4H3. The number of carbonyl (C=O) groups excluding carboxylic acids is 2. The summed E-state index contributed by atoms with van der Waals surface area (Å²) in [4.78, 5) is 22.8. The second-order valence-corrected chi connectivity index (χ2v) is 5.02. The van der Waals surface area contributed by atoms with Crippen molar-refractivity contribution in [2.45, 2.75) is 59.3 Å². The van der Waals surface area contributed by atoms with Crippen molar-refractivity contribution in [2.24, 2.45) is 5.92 Å². The van der Waals surface area contributed by atoms with E-state index in [-0.39, 0.29) is 5.57 Å². The summed E-state index contributed by atoms with van der Waals surface area (Å²) in [6.45, 7) is 13.0. The van der Waals surface area contributed by atoms with Gasteiger partial charge in [0.2, 0.25) is 0 Å². The predicted octanol–water partition coefficient (Wildman–Crippen LogP) is 4.19. The highest BCUT2D eigenvalue weighted by molar-refractivity contribution is 6.00. The number of hydrogen-bond donors (Lipinski definition) is 0. The van der Waals surface area contributed by atoms with Crippen LogP contribution in [-0.2, 0) is 14.3 Å². The van der Waals surface area contributed by atoms with Gasteiger partial charge in [0.05, 0.1) is 0 Å². The van der Waals surface area contributed by atoms with E-state index in [1.807, 2.05) is 0 Å². The lowest BCUT2D eigenvalue weighted by atomic mass is 9.92. The van der Waals surface area contributed by atoms with Gasteiger partial charge in [0.15, 0.2) is 0 Å². The number of ether oxygens (including phenoxy) is 1. The van der Waals surface area contributed by atoms with Crippen LogP contribution in [0.25, 0.3) is 0 Å². The van der Waals surface area contributed by atoms with Gasteiger partial charge in [-0.05, 0) is 25.7 Å². The molecule has 0 aromatic heterocycles. The Bertz CT molecular complexity index is 342.